The molecule has 2 aromatic rings. The van der Waals surface area contributed by atoms with Gasteiger partial charge < -0.3 is 10.5 Å². The summed E-state index contributed by atoms with van der Waals surface area (Å²) in [5, 5.41) is 9.99. The van der Waals surface area contributed by atoms with Gasteiger partial charge in [-0.05, 0) is 31.0 Å². The number of methoxy groups -OCH3 is 1. The van der Waals surface area contributed by atoms with Crippen molar-refractivity contribution in [2.45, 2.75) is 20.4 Å². The first-order valence-electron chi connectivity index (χ1n) is 5.86. The quantitative estimate of drug-likeness (QED) is 0.933. The van der Waals surface area contributed by atoms with E-state index in [1.165, 1.54) is 11.3 Å². The number of hydrogen-bond donors (Lipinski definition) is 1. The van der Waals surface area contributed by atoms with Crippen molar-refractivity contribution in [1.82, 2.24) is 4.98 Å². The molecule has 19 heavy (non-hydrogen) atoms. The summed E-state index contributed by atoms with van der Waals surface area (Å²) in [4.78, 5) is 5.02. The van der Waals surface area contributed by atoms with Crippen LogP contribution >= 0.6 is 11.3 Å². The van der Waals surface area contributed by atoms with Crippen molar-refractivity contribution >= 4 is 11.3 Å². The fraction of sp³-hybridized carbons (Fsp3) is 0.286. The summed E-state index contributed by atoms with van der Waals surface area (Å²) in [6.07, 6.45) is 0. The molecule has 0 spiro atoms. The van der Waals surface area contributed by atoms with Gasteiger partial charge >= 0.3 is 0 Å². The van der Waals surface area contributed by atoms with Crippen molar-refractivity contribution in [2.75, 3.05) is 7.11 Å². The van der Waals surface area contributed by atoms with Gasteiger partial charge in [0.1, 0.15) is 27.4 Å². The maximum atomic E-state index is 9.23. The molecule has 0 saturated carbocycles. The smallest absolute Gasteiger partial charge is 0.133 e. The summed E-state index contributed by atoms with van der Waals surface area (Å²) in [6, 6.07) is 6.22. The lowest BCUT2D eigenvalue weighted by molar-refractivity contribution is 0.413. The maximum absolute atomic E-state index is 9.23. The zero-order chi connectivity index (χ0) is 14.0. The van der Waals surface area contributed by atoms with Crippen molar-refractivity contribution < 1.29 is 4.74 Å². The average Bonchev–Trinajstić information content (AvgIpc) is 2.81. The number of aromatic nitrogens is 1. The van der Waals surface area contributed by atoms with Gasteiger partial charge in [-0.3, -0.25) is 0 Å². The van der Waals surface area contributed by atoms with Crippen LogP contribution in [0.3, 0.4) is 0 Å². The van der Waals surface area contributed by atoms with E-state index in [4.69, 9.17) is 10.5 Å². The van der Waals surface area contributed by atoms with Crippen LogP contribution in [0.15, 0.2) is 12.1 Å². The second-order valence-corrected chi connectivity index (χ2v) is 5.35. The Balaban J connectivity index is 2.71. The molecular formula is C14H15N3OS. The first-order chi connectivity index (χ1) is 9.10. The molecule has 0 aliphatic heterocycles. The highest BCUT2D eigenvalue weighted by Gasteiger charge is 2.17. The first kappa shape index (κ1) is 13.5. The lowest BCUT2D eigenvalue weighted by Crippen LogP contribution is -1.96. The van der Waals surface area contributed by atoms with Gasteiger partial charge in [-0.15, -0.1) is 11.3 Å². The number of aryl methyl sites for hydroxylation is 2. The van der Waals surface area contributed by atoms with Crippen molar-refractivity contribution in [3.05, 3.63) is 33.1 Å². The third kappa shape index (κ3) is 2.46. The summed E-state index contributed by atoms with van der Waals surface area (Å²) < 4.78 is 5.45. The summed E-state index contributed by atoms with van der Waals surface area (Å²) in [7, 11) is 1.63. The van der Waals surface area contributed by atoms with Gasteiger partial charge in [0.15, 0.2) is 0 Å². The summed E-state index contributed by atoms with van der Waals surface area (Å²) in [5.74, 6) is 0.760. The highest BCUT2D eigenvalue weighted by atomic mass is 32.1. The van der Waals surface area contributed by atoms with Crippen LogP contribution in [-0.2, 0) is 6.54 Å². The van der Waals surface area contributed by atoms with E-state index < -0.39 is 0 Å². The number of nitrogens with zero attached hydrogens (tertiary/aromatic N) is 2. The van der Waals surface area contributed by atoms with Gasteiger partial charge in [0.05, 0.1) is 7.11 Å². The Hall–Kier alpha value is -1.90. The Morgan fingerprint density at radius 1 is 1.42 bits per heavy atom. The van der Waals surface area contributed by atoms with Crippen molar-refractivity contribution in [1.29, 1.82) is 5.26 Å². The summed E-state index contributed by atoms with van der Waals surface area (Å²) >= 11 is 1.33. The number of ether oxygens (including phenoxy) is 1. The predicted octanol–water partition coefficient (Wildman–Crippen LogP) is 2.77. The van der Waals surface area contributed by atoms with E-state index in [0.29, 0.717) is 17.1 Å². The number of nitriles is 1. The molecule has 0 aliphatic rings. The van der Waals surface area contributed by atoms with Crippen LogP contribution in [0, 0.1) is 25.2 Å². The zero-order valence-electron chi connectivity index (χ0n) is 11.2. The molecule has 4 nitrogen and oxygen atoms in total. The number of rotatable bonds is 3. The topological polar surface area (TPSA) is 71.9 Å². The third-order valence-electron chi connectivity index (χ3n) is 2.83. The van der Waals surface area contributed by atoms with E-state index >= 15 is 0 Å². The van der Waals surface area contributed by atoms with Crippen LogP contribution in [0.5, 0.6) is 5.75 Å². The minimum Gasteiger partial charge on any atom is -0.496 e. The van der Waals surface area contributed by atoms with E-state index in [-0.39, 0.29) is 0 Å². The molecule has 0 aliphatic carbocycles. The fourth-order valence-electron chi connectivity index (χ4n) is 2.11. The molecule has 1 aromatic heterocycles. The predicted molar refractivity (Wildman–Crippen MR) is 76.2 cm³/mol. The van der Waals surface area contributed by atoms with E-state index in [2.05, 4.69) is 11.1 Å². The number of thiazole rings is 1. The minimum absolute atomic E-state index is 0.340. The van der Waals surface area contributed by atoms with Crippen LogP contribution < -0.4 is 10.5 Å². The van der Waals surface area contributed by atoms with E-state index in [1.807, 2.05) is 26.0 Å². The molecule has 1 heterocycles. The second-order valence-electron chi connectivity index (χ2n) is 4.26. The molecule has 2 N–H and O–H groups in total. The van der Waals surface area contributed by atoms with Crippen LogP contribution in [0.25, 0.3) is 11.3 Å². The molecule has 0 bridgehead atoms. The minimum atomic E-state index is 0.340. The summed E-state index contributed by atoms with van der Waals surface area (Å²) in [6.45, 7) is 4.34. The van der Waals surface area contributed by atoms with Gasteiger partial charge in [-0.25, -0.2) is 4.98 Å². The molecule has 0 atom stereocenters. The molecule has 0 unspecified atom stereocenters. The largest absolute Gasteiger partial charge is 0.496 e. The Bertz CT molecular complexity index is 655. The molecule has 5 heteroatoms. The molecule has 1 aromatic carbocycles. The lowest BCUT2D eigenvalue weighted by Gasteiger charge is -2.11. The standard InChI is InChI=1S/C14H15N3OS/c1-8-4-9(2)14(18-3)10(5-8)13-11(6-15)19-12(7-16)17-13/h4-5H,7,16H2,1-3H3. The molecule has 0 saturated heterocycles. The number of hydrogen-bond acceptors (Lipinski definition) is 5. The molecule has 98 valence electrons. The van der Waals surface area contributed by atoms with E-state index in [0.717, 1.165) is 27.4 Å². The number of nitrogens with two attached hydrogens (primary N) is 1. The van der Waals surface area contributed by atoms with Gasteiger partial charge in [0.25, 0.3) is 0 Å². The van der Waals surface area contributed by atoms with Gasteiger partial charge in [-0.1, -0.05) is 6.07 Å². The van der Waals surface area contributed by atoms with Crippen LogP contribution in [0.2, 0.25) is 0 Å². The molecule has 0 radical (unpaired) electrons. The molecule has 2 rings (SSSR count). The Labute approximate surface area is 116 Å². The normalized spacial score (nSPS) is 10.3. The van der Waals surface area contributed by atoms with Gasteiger partial charge in [0, 0.05) is 12.1 Å². The van der Waals surface area contributed by atoms with Crippen LogP contribution in [-0.4, -0.2) is 12.1 Å². The number of benzene rings is 1. The zero-order valence-corrected chi connectivity index (χ0v) is 12.0. The van der Waals surface area contributed by atoms with Gasteiger partial charge in [-0.2, -0.15) is 5.26 Å². The Kier molecular flexibility index (Phi) is 3.84. The van der Waals surface area contributed by atoms with Crippen molar-refractivity contribution in [2.24, 2.45) is 5.73 Å². The third-order valence-corrected chi connectivity index (χ3v) is 3.81. The highest BCUT2D eigenvalue weighted by Crippen LogP contribution is 2.37. The highest BCUT2D eigenvalue weighted by molar-refractivity contribution is 7.12. The summed E-state index contributed by atoms with van der Waals surface area (Å²) in [5.41, 5.74) is 9.26. The maximum Gasteiger partial charge on any atom is 0.133 e. The van der Waals surface area contributed by atoms with Crippen molar-refractivity contribution in [3.63, 3.8) is 0 Å². The van der Waals surface area contributed by atoms with Crippen LogP contribution in [0.4, 0.5) is 0 Å². The monoisotopic (exact) mass is 273 g/mol. The van der Waals surface area contributed by atoms with E-state index in [1.54, 1.807) is 7.11 Å². The van der Waals surface area contributed by atoms with Crippen LogP contribution in [0.1, 0.15) is 21.0 Å². The second kappa shape index (κ2) is 5.39. The fourth-order valence-corrected chi connectivity index (χ4v) is 2.87. The lowest BCUT2D eigenvalue weighted by atomic mass is 10.0. The van der Waals surface area contributed by atoms with Crippen molar-refractivity contribution in [3.8, 4) is 23.1 Å². The first-order valence-corrected chi connectivity index (χ1v) is 6.67. The Morgan fingerprint density at radius 2 is 2.16 bits per heavy atom. The Morgan fingerprint density at radius 3 is 2.74 bits per heavy atom. The molecule has 0 amide bonds. The molecule has 0 fully saturated rings. The molecular weight excluding hydrogens is 258 g/mol. The van der Waals surface area contributed by atoms with E-state index in [9.17, 15) is 5.26 Å². The SMILES string of the molecule is COc1c(C)cc(C)cc1-c1nc(CN)sc1C#N. The average molecular weight is 273 g/mol. The van der Waals surface area contributed by atoms with Gasteiger partial charge in [0.2, 0.25) is 0 Å².